The van der Waals surface area contributed by atoms with E-state index in [-0.39, 0.29) is 11.8 Å². The fourth-order valence-corrected chi connectivity index (χ4v) is 3.05. The van der Waals surface area contributed by atoms with Crippen molar-refractivity contribution < 1.29 is 9.59 Å². The number of carbonyl (C=O) groups excluding carboxylic acids is 2. The molecule has 2 aromatic heterocycles. The molecular weight excluding hydrogens is 366 g/mol. The Bertz CT molecular complexity index is 1180. The minimum Gasteiger partial charge on any atom is -0.355 e. The molecule has 0 spiro atoms. The Hall–Kier alpha value is -4.00. The number of rotatable bonds is 5. The van der Waals surface area contributed by atoms with Gasteiger partial charge in [-0.25, -0.2) is 9.67 Å². The van der Waals surface area contributed by atoms with Gasteiger partial charge < -0.3 is 10.6 Å². The van der Waals surface area contributed by atoms with Gasteiger partial charge >= 0.3 is 0 Å². The lowest BCUT2D eigenvalue weighted by atomic mass is 10.1. The van der Waals surface area contributed by atoms with Crippen molar-refractivity contribution in [1.82, 2.24) is 20.1 Å². The zero-order valence-corrected chi connectivity index (χ0v) is 15.8. The maximum absolute atomic E-state index is 12.6. The second-order valence-corrected chi connectivity index (χ2v) is 6.54. The number of aromatic nitrogens is 3. The number of nitrogens with zero attached hydrogens (tertiary/aromatic N) is 3. The fraction of sp³-hybridized carbons (Fsp3) is 0.0909. The summed E-state index contributed by atoms with van der Waals surface area (Å²) in [5.74, 6) is -0.515. The van der Waals surface area contributed by atoms with Crippen LogP contribution >= 0.6 is 0 Å². The molecule has 0 aliphatic rings. The Balaban J connectivity index is 1.54. The average molecular weight is 385 g/mol. The molecule has 0 aliphatic carbocycles. The average Bonchev–Trinajstić information content (AvgIpc) is 3.16. The van der Waals surface area contributed by atoms with Crippen LogP contribution in [0.25, 0.3) is 11.0 Å². The van der Waals surface area contributed by atoms with Crippen LogP contribution in [0, 0.1) is 0 Å². The van der Waals surface area contributed by atoms with Gasteiger partial charge in [0.25, 0.3) is 11.8 Å². The minimum atomic E-state index is -0.302. The Kier molecular flexibility index (Phi) is 5.03. The zero-order valence-electron chi connectivity index (χ0n) is 15.8. The molecular formula is C22H19N5O2. The third kappa shape index (κ3) is 3.98. The molecule has 7 heteroatoms. The second kappa shape index (κ2) is 7.93. The number of amides is 2. The largest absolute Gasteiger partial charge is 0.355 e. The Morgan fingerprint density at radius 2 is 1.76 bits per heavy atom. The van der Waals surface area contributed by atoms with Crippen LogP contribution in [0.4, 0.5) is 5.69 Å². The third-order valence-corrected chi connectivity index (χ3v) is 4.52. The highest BCUT2D eigenvalue weighted by Gasteiger charge is 2.12. The first-order valence-electron chi connectivity index (χ1n) is 9.13. The fourth-order valence-electron chi connectivity index (χ4n) is 3.05. The number of anilines is 1. The normalized spacial score (nSPS) is 10.7. The maximum atomic E-state index is 12.6. The van der Waals surface area contributed by atoms with Crippen LogP contribution in [0.2, 0.25) is 0 Å². The highest BCUT2D eigenvalue weighted by atomic mass is 16.2. The summed E-state index contributed by atoms with van der Waals surface area (Å²) in [5.41, 5.74) is 3.27. The molecule has 2 aromatic carbocycles. The van der Waals surface area contributed by atoms with E-state index >= 15 is 0 Å². The number of carbonyl (C=O) groups is 2. The summed E-state index contributed by atoms with van der Waals surface area (Å²) >= 11 is 0. The van der Waals surface area contributed by atoms with Crippen molar-refractivity contribution in [3.05, 3.63) is 89.7 Å². The minimum absolute atomic E-state index is 0.213. The number of hydrogen-bond acceptors (Lipinski definition) is 4. The van der Waals surface area contributed by atoms with Gasteiger partial charge in [0.1, 0.15) is 0 Å². The van der Waals surface area contributed by atoms with E-state index in [0.717, 1.165) is 10.9 Å². The molecule has 0 bridgehead atoms. The van der Waals surface area contributed by atoms with Crippen LogP contribution in [0.1, 0.15) is 26.3 Å². The van der Waals surface area contributed by atoms with Gasteiger partial charge in [-0.3, -0.25) is 9.59 Å². The van der Waals surface area contributed by atoms with Crippen LogP contribution in [0.3, 0.4) is 0 Å². The number of fused-ring (bicyclic) bond motifs is 1. The number of benzene rings is 2. The molecule has 2 N–H and O–H groups in total. The number of pyridine rings is 1. The van der Waals surface area contributed by atoms with E-state index < -0.39 is 0 Å². The molecule has 0 saturated heterocycles. The summed E-state index contributed by atoms with van der Waals surface area (Å²) in [6, 6.07) is 18.5. The van der Waals surface area contributed by atoms with Crippen molar-refractivity contribution in [3.63, 3.8) is 0 Å². The van der Waals surface area contributed by atoms with Crippen LogP contribution in [0.15, 0.2) is 73.1 Å². The topological polar surface area (TPSA) is 88.9 Å². The van der Waals surface area contributed by atoms with Crippen molar-refractivity contribution in [1.29, 1.82) is 0 Å². The van der Waals surface area contributed by atoms with Crippen molar-refractivity contribution in [2.75, 3.05) is 12.4 Å². The Morgan fingerprint density at radius 3 is 2.55 bits per heavy atom. The van der Waals surface area contributed by atoms with Crippen molar-refractivity contribution in [2.45, 2.75) is 6.54 Å². The summed E-state index contributed by atoms with van der Waals surface area (Å²) in [5, 5.41) is 10.5. The predicted molar refractivity (Wildman–Crippen MR) is 111 cm³/mol. The molecule has 0 radical (unpaired) electrons. The lowest BCUT2D eigenvalue weighted by Gasteiger charge is -2.07. The van der Waals surface area contributed by atoms with Gasteiger partial charge in [0.05, 0.1) is 18.3 Å². The molecule has 0 fully saturated rings. The van der Waals surface area contributed by atoms with Gasteiger partial charge in [-0.2, -0.15) is 5.10 Å². The van der Waals surface area contributed by atoms with Gasteiger partial charge in [0, 0.05) is 29.9 Å². The molecule has 4 aromatic rings. The van der Waals surface area contributed by atoms with Gasteiger partial charge in [0.2, 0.25) is 0 Å². The highest BCUT2D eigenvalue weighted by Crippen LogP contribution is 2.17. The van der Waals surface area contributed by atoms with Crippen molar-refractivity contribution >= 4 is 28.5 Å². The zero-order chi connectivity index (χ0) is 20.2. The first-order chi connectivity index (χ1) is 14.1. The second-order valence-electron chi connectivity index (χ2n) is 6.54. The van der Waals surface area contributed by atoms with E-state index in [0.29, 0.717) is 29.0 Å². The molecule has 7 nitrogen and oxygen atoms in total. The number of nitrogens with one attached hydrogen (secondary N) is 2. The van der Waals surface area contributed by atoms with Gasteiger partial charge in [-0.05, 0) is 29.8 Å². The standard InChI is InChI=1S/C22H19N5O2/c1-23-21(28)16-8-5-9-19(11-16)26-22(29)18-10-17-13-25-27(20(17)24-12-18)14-15-6-3-2-4-7-15/h2-13H,14H2,1H3,(H,23,28)(H,26,29). The van der Waals surface area contributed by atoms with Crippen LogP contribution in [-0.2, 0) is 6.54 Å². The number of hydrogen-bond donors (Lipinski definition) is 2. The monoisotopic (exact) mass is 385 g/mol. The predicted octanol–water partition coefficient (Wildman–Crippen LogP) is 3.09. The third-order valence-electron chi connectivity index (χ3n) is 4.52. The van der Waals surface area contributed by atoms with Crippen molar-refractivity contribution in [2.24, 2.45) is 0 Å². The lowest BCUT2D eigenvalue weighted by molar-refractivity contribution is 0.0961. The van der Waals surface area contributed by atoms with Gasteiger partial charge in [-0.1, -0.05) is 36.4 Å². The van der Waals surface area contributed by atoms with Crippen LogP contribution in [0.5, 0.6) is 0 Å². The van der Waals surface area contributed by atoms with E-state index in [4.69, 9.17) is 0 Å². The summed E-state index contributed by atoms with van der Waals surface area (Å²) in [6.07, 6.45) is 3.23. The van der Waals surface area contributed by atoms with E-state index in [9.17, 15) is 9.59 Å². The van der Waals surface area contributed by atoms with Gasteiger partial charge in [-0.15, -0.1) is 0 Å². The molecule has 0 unspecified atom stereocenters. The lowest BCUT2D eigenvalue weighted by Crippen LogP contribution is -2.18. The molecule has 0 saturated carbocycles. The van der Waals surface area contributed by atoms with E-state index in [1.807, 2.05) is 30.3 Å². The van der Waals surface area contributed by atoms with Crippen LogP contribution in [-0.4, -0.2) is 33.6 Å². The summed E-state index contributed by atoms with van der Waals surface area (Å²) < 4.78 is 1.80. The molecule has 2 amide bonds. The summed E-state index contributed by atoms with van der Waals surface area (Å²) in [6.45, 7) is 0.606. The molecule has 2 heterocycles. The summed E-state index contributed by atoms with van der Waals surface area (Å²) in [7, 11) is 1.56. The van der Waals surface area contributed by atoms with E-state index in [2.05, 4.69) is 20.7 Å². The van der Waals surface area contributed by atoms with E-state index in [1.54, 1.807) is 48.3 Å². The smallest absolute Gasteiger partial charge is 0.257 e. The SMILES string of the molecule is CNC(=O)c1cccc(NC(=O)c2cnc3c(cnn3Cc3ccccc3)c2)c1. The quantitative estimate of drug-likeness (QED) is 0.552. The molecule has 0 atom stereocenters. The van der Waals surface area contributed by atoms with Gasteiger partial charge in [0.15, 0.2) is 5.65 Å². The Morgan fingerprint density at radius 1 is 0.931 bits per heavy atom. The Labute approximate surface area is 167 Å². The molecule has 0 aliphatic heterocycles. The van der Waals surface area contributed by atoms with E-state index in [1.165, 1.54) is 6.20 Å². The molecule has 4 rings (SSSR count). The van der Waals surface area contributed by atoms with Crippen molar-refractivity contribution in [3.8, 4) is 0 Å². The first-order valence-corrected chi connectivity index (χ1v) is 9.13. The molecule has 144 valence electrons. The highest BCUT2D eigenvalue weighted by molar-refractivity contribution is 6.06. The summed E-state index contributed by atoms with van der Waals surface area (Å²) in [4.78, 5) is 28.8. The van der Waals surface area contributed by atoms with Crippen LogP contribution < -0.4 is 10.6 Å². The first kappa shape index (κ1) is 18.4. The molecule has 29 heavy (non-hydrogen) atoms. The maximum Gasteiger partial charge on any atom is 0.257 e.